The Morgan fingerprint density at radius 3 is 2.50 bits per heavy atom. The van der Waals surface area contributed by atoms with Gasteiger partial charge in [0.2, 0.25) is 5.91 Å². The van der Waals surface area contributed by atoms with Crippen molar-refractivity contribution in [3.05, 3.63) is 55.9 Å². The van der Waals surface area contributed by atoms with Gasteiger partial charge in [0, 0.05) is 43.7 Å². The van der Waals surface area contributed by atoms with Crippen LogP contribution in [0.25, 0.3) is 0 Å². The predicted molar refractivity (Wildman–Crippen MR) is 114 cm³/mol. The van der Waals surface area contributed by atoms with Crippen LogP contribution in [-0.2, 0) is 4.79 Å². The highest BCUT2D eigenvalue weighted by molar-refractivity contribution is 7.17. The Labute approximate surface area is 183 Å². The van der Waals surface area contributed by atoms with Gasteiger partial charge in [0.25, 0.3) is 5.91 Å². The average molecular weight is 452 g/mol. The maximum absolute atomic E-state index is 12.5. The molecule has 160 valence electrons. The first kappa shape index (κ1) is 22.0. The number of nitro groups is 1. The molecule has 30 heavy (non-hydrogen) atoms. The number of nitrogens with zero attached hydrogens (tertiary/aromatic N) is 3. The first-order valence-electron chi connectivity index (χ1n) is 9.55. The second kappa shape index (κ2) is 9.90. The summed E-state index contributed by atoms with van der Waals surface area (Å²) >= 11 is 6.86. The third-order valence-corrected chi connectivity index (χ3v) is 6.28. The summed E-state index contributed by atoms with van der Waals surface area (Å²) in [5, 5.41) is 11.4. The van der Waals surface area contributed by atoms with Crippen LogP contribution < -0.4 is 4.74 Å². The van der Waals surface area contributed by atoms with E-state index in [2.05, 4.69) is 0 Å². The highest BCUT2D eigenvalue weighted by atomic mass is 35.5. The predicted octanol–water partition coefficient (Wildman–Crippen LogP) is 3.76. The molecule has 3 rings (SSSR count). The number of hydrogen-bond donors (Lipinski definition) is 0. The standard InChI is InChI=1S/C20H22ClN3O5S/c1-14-13-15(4-5-16(14)21)29-12-2-3-18(25)22-8-10-23(11-9-22)20(26)17-6-7-19(30-17)24(27)28/h4-7,13H,2-3,8-12H2,1H3. The molecular weight excluding hydrogens is 430 g/mol. The number of hydrogen-bond acceptors (Lipinski definition) is 6. The largest absolute Gasteiger partial charge is 0.494 e. The number of halogens is 1. The van der Waals surface area contributed by atoms with Crippen molar-refractivity contribution in [2.45, 2.75) is 19.8 Å². The molecule has 8 nitrogen and oxygen atoms in total. The topological polar surface area (TPSA) is 93.0 Å². The molecule has 1 aromatic carbocycles. The second-order valence-corrected chi connectivity index (χ2v) is 8.40. The van der Waals surface area contributed by atoms with Gasteiger partial charge in [-0.05, 0) is 43.2 Å². The van der Waals surface area contributed by atoms with Crippen LogP contribution in [-0.4, -0.2) is 59.3 Å². The number of ether oxygens (including phenoxy) is 1. The normalized spacial score (nSPS) is 13.9. The number of carbonyl (C=O) groups excluding carboxylic acids is 2. The number of benzene rings is 1. The molecule has 2 heterocycles. The van der Waals surface area contributed by atoms with Crippen LogP contribution in [0, 0.1) is 17.0 Å². The maximum Gasteiger partial charge on any atom is 0.324 e. The van der Waals surface area contributed by atoms with E-state index in [0.717, 1.165) is 22.6 Å². The molecule has 1 aliphatic rings. The van der Waals surface area contributed by atoms with Crippen molar-refractivity contribution < 1.29 is 19.2 Å². The molecule has 0 N–H and O–H groups in total. The molecule has 1 fully saturated rings. The first-order chi connectivity index (χ1) is 14.3. The highest BCUT2D eigenvalue weighted by Crippen LogP contribution is 2.25. The van der Waals surface area contributed by atoms with E-state index in [0.29, 0.717) is 55.5 Å². The summed E-state index contributed by atoms with van der Waals surface area (Å²) in [6, 6.07) is 8.26. The van der Waals surface area contributed by atoms with Gasteiger partial charge in [0.1, 0.15) is 5.75 Å². The van der Waals surface area contributed by atoms with Crippen molar-refractivity contribution in [1.82, 2.24) is 9.80 Å². The van der Waals surface area contributed by atoms with Gasteiger partial charge in [-0.1, -0.05) is 22.9 Å². The lowest BCUT2D eigenvalue weighted by atomic mass is 10.2. The lowest BCUT2D eigenvalue weighted by Crippen LogP contribution is -2.50. The molecule has 1 aromatic heterocycles. The lowest BCUT2D eigenvalue weighted by Gasteiger charge is -2.34. The van der Waals surface area contributed by atoms with E-state index in [1.807, 2.05) is 13.0 Å². The number of thiophene rings is 1. The van der Waals surface area contributed by atoms with E-state index in [4.69, 9.17) is 16.3 Å². The van der Waals surface area contributed by atoms with E-state index in [1.165, 1.54) is 12.1 Å². The van der Waals surface area contributed by atoms with Crippen LogP contribution in [0.4, 0.5) is 5.00 Å². The van der Waals surface area contributed by atoms with E-state index in [9.17, 15) is 19.7 Å². The smallest absolute Gasteiger partial charge is 0.324 e. The maximum atomic E-state index is 12.5. The van der Waals surface area contributed by atoms with Gasteiger partial charge in [-0.25, -0.2) is 0 Å². The third kappa shape index (κ3) is 5.48. The Morgan fingerprint density at radius 2 is 1.87 bits per heavy atom. The lowest BCUT2D eigenvalue weighted by molar-refractivity contribution is -0.380. The molecule has 0 atom stereocenters. The number of aryl methyl sites for hydroxylation is 1. The molecule has 1 aliphatic heterocycles. The van der Waals surface area contributed by atoms with E-state index < -0.39 is 4.92 Å². The van der Waals surface area contributed by atoms with Crippen LogP contribution >= 0.6 is 22.9 Å². The third-order valence-electron chi connectivity index (χ3n) is 4.84. The van der Waals surface area contributed by atoms with Crippen molar-refractivity contribution in [3.8, 4) is 5.75 Å². The Bertz CT molecular complexity index is 940. The highest BCUT2D eigenvalue weighted by Gasteiger charge is 2.26. The monoisotopic (exact) mass is 451 g/mol. The van der Waals surface area contributed by atoms with Crippen LogP contribution in [0.5, 0.6) is 5.75 Å². The Hall–Kier alpha value is -2.65. The van der Waals surface area contributed by atoms with Gasteiger partial charge >= 0.3 is 5.00 Å². The molecule has 0 unspecified atom stereocenters. The summed E-state index contributed by atoms with van der Waals surface area (Å²) in [5.74, 6) is 0.530. The number of carbonyl (C=O) groups is 2. The zero-order chi connectivity index (χ0) is 21.7. The fraction of sp³-hybridized carbons (Fsp3) is 0.400. The van der Waals surface area contributed by atoms with Gasteiger partial charge in [-0.15, -0.1) is 0 Å². The van der Waals surface area contributed by atoms with Crippen LogP contribution in [0.3, 0.4) is 0 Å². The summed E-state index contributed by atoms with van der Waals surface area (Å²) in [5.41, 5.74) is 0.940. The Morgan fingerprint density at radius 1 is 1.17 bits per heavy atom. The SMILES string of the molecule is Cc1cc(OCCCC(=O)N2CCN(C(=O)c3ccc([N+](=O)[O-])s3)CC2)ccc1Cl. The van der Waals surface area contributed by atoms with E-state index >= 15 is 0 Å². The fourth-order valence-corrected chi connectivity index (χ4v) is 4.04. The second-order valence-electron chi connectivity index (χ2n) is 6.93. The van der Waals surface area contributed by atoms with Crippen molar-refractivity contribution in [2.24, 2.45) is 0 Å². The zero-order valence-electron chi connectivity index (χ0n) is 16.5. The molecule has 0 spiro atoms. The minimum absolute atomic E-state index is 0.0322. The zero-order valence-corrected chi connectivity index (χ0v) is 18.1. The number of piperazine rings is 1. The molecular formula is C20H22ClN3O5S. The van der Waals surface area contributed by atoms with Gasteiger partial charge in [-0.2, -0.15) is 0 Å². The molecule has 10 heteroatoms. The molecule has 0 aliphatic carbocycles. The van der Waals surface area contributed by atoms with Crippen molar-refractivity contribution in [3.63, 3.8) is 0 Å². The molecule has 2 aromatic rings. The van der Waals surface area contributed by atoms with Gasteiger partial charge in [0.15, 0.2) is 0 Å². The van der Waals surface area contributed by atoms with Crippen LogP contribution in [0.15, 0.2) is 30.3 Å². The van der Waals surface area contributed by atoms with Crippen LogP contribution in [0.1, 0.15) is 28.1 Å². The minimum Gasteiger partial charge on any atom is -0.494 e. The Balaban J connectivity index is 1.39. The average Bonchev–Trinajstić information content (AvgIpc) is 3.24. The van der Waals surface area contributed by atoms with Gasteiger partial charge in [0.05, 0.1) is 16.4 Å². The van der Waals surface area contributed by atoms with Gasteiger partial charge < -0.3 is 14.5 Å². The first-order valence-corrected chi connectivity index (χ1v) is 10.7. The summed E-state index contributed by atoms with van der Waals surface area (Å²) in [4.78, 5) is 38.9. The number of amides is 2. The molecule has 1 saturated heterocycles. The quantitative estimate of drug-likeness (QED) is 0.363. The van der Waals surface area contributed by atoms with Crippen LogP contribution in [0.2, 0.25) is 5.02 Å². The van der Waals surface area contributed by atoms with Crippen molar-refractivity contribution >= 4 is 39.8 Å². The summed E-state index contributed by atoms with van der Waals surface area (Å²) in [7, 11) is 0. The van der Waals surface area contributed by atoms with E-state index in [1.54, 1.807) is 21.9 Å². The van der Waals surface area contributed by atoms with Gasteiger partial charge in [-0.3, -0.25) is 19.7 Å². The number of rotatable bonds is 7. The minimum atomic E-state index is -0.504. The van der Waals surface area contributed by atoms with E-state index in [-0.39, 0.29) is 16.8 Å². The van der Waals surface area contributed by atoms with Crippen molar-refractivity contribution in [2.75, 3.05) is 32.8 Å². The fourth-order valence-electron chi connectivity index (χ4n) is 3.13. The summed E-state index contributed by atoms with van der Waals surface area (Å²) in [6.07, 6.45) is 0.968. The molecule has 0 bridgehead atoms. The molecule has 0 saturated carbocycles. The molecule has 0 radical (unpaired) electrons. The Kier molecular flexibility index (Phi) is 7.28. The van der Waals surface area contributed by atoms with Crippen molar-refractivity contribution in [1.29, 1.82) is 0 Å². The summed E-state index contributed by atoms with van der Waals surface area (Å²) < 4.78 is 5.67. The summed E-state index contributed by atoms with van der Waals surface area (Å²) in [6.45, 7) is 4.07. The molecule has 2 amide bonds.